The Bertz CT molecular complexity index is 509. The van der Waals surface area contributed by atoms with Gasteiger partial charge in [0.2, 0.25) is 5.91 Å². The lowest BCUT2D eigenvalue weighted by molar-refractivity contribution is -0.138. The summed E-state index contributed by atoms with van der Waals surface area (Å²) >= 11 is 0. The van der Waals surface area contributed by atoms with E-state index in [0.717, 1.165) is 12.1 Å². The molecule has 0 saturated carbocycles. The molecule has 0 unspecified atom stereocenters. The van der Waals surface area contributed by atoms with E-state index in [9.17, 15) is 22.8 Å². The van der Waals surface area contributed by atoms with Gasteiger partial charge in [0.1, 0.15) is 0 Å². The Morgan fingerprint density at radius 2 is 1.71 bits per heavy atom. The smallest absolute Gasteiger partial charge is 0.416 e. The van der Waals surface area contributed by atoms with Crippen molar-refractivity contribution in [2.75, 3.05) is 11.4 Å². The number of hydrogen-bond acceptors (Lipinski definition) is 2. The molecule has 1 aromatic carbocycles. The van der Waals surface area contributed by atoms with Crippen molar-refractivity contribution in [3.8, 4) is 0 Å². The molecule has 1 amide bonds. The molecular weight excluding hydrogens is 287 g/mol. The number of alkyl halides is 3. The largest absolute Gasteiger partial charge is 0.481 e. The summed E-state index contributed by atoms with van der Waals surface area (Å²) in [6.45, 7) is 3.19. The molecule has 0 bridgehead atoms. The zero-order valence-electron chi connectivity index (χ0n) is 11.6. The van der Waals surface area contributed by atoms with Crippen molar-refractivity contribution in [2.24, 2.45) is 5.92 Å². The van der Waals surface area contributed by atoms with Crippen LogP contribution in [0, 0.1) is 5.92 Å². The predicted octanol–water partition coefficient (Wildman–Crippen LogP) is 3.17. The number of amides is 1. The first-order valence-electron chi connectivity index (χ1n) is 6.33. The van der Waals surface area contributed by atoms with Gasteiger partial charge in [-0.05, 0) is 24.3 Å². The number of carbonyl (C=O) groups is 2. The number of nitrogens with zero attached hydrogens (tertiary/aromatic N) is 1. The van der Waals surface area contributed by atoms with Gasteiger partial charge >= 0.3 is 12.1 Å². The van der Waals surface area contributed by atoms with Crippen LogP contribution in [0.3, 0.4) is 0 Å². The van der Waals surface area contributed by atoms with E-state index in [4.69, 9.17) is 5.11 Å². The highest BCUT2D eigenvalue weighted by Crippen LogP contribution is 2.30. The Labute approximate surface area is 120 Å². The summed E-state index contributed by atoms with van der Waals surface area (Å²) in [7, 11) is 0. The topological polar surface area (TPSA) is 57.6 Å². The average molecular weight is 303 g/mol. The van der Waals surface area contributed by atoms with Crippen molar-refractivity contribution in [3.05, 3.63) is 29.8 Å². The number of carbonyl (C=O) groups excluding carboxylic acids is 1. The Morgan fingerprint density at radius 1 is 1.19 bits per heavy atom. The molecule has 0 aromatic heterocycles. The van der Waals surface area contributed by atoms with Gasteiger partial charge in [0.15, 0.2) is 0 Å². The number of aliphatic carboxylic acids is 1. The van der Waals surface area contributed by atoms with Crippen molar-refractivity contribution in [3.63, 3.8) is 0 Å². The average Bonchev–Trinajstić information content (AvgIpc) is 2.37. The quantitative estimate of drug-likeness (QED) is 0.909. The van der Waals surface area contributed by atoms with E-state index in [1.54, 1.807) is 13.8 Å². The maximum absolute atomic E-state index is 12.5. The van der Waals surface area contributed by atoms with E-state index >= 15 is 0 Å². The second-order valence-electron chi connectivity index (χ2n) is 4.83. The minimum atomic E-state index is -4.45. The molecule has 0 radical (unpaired) electrons. The number of rotatable bonds is 5. The van der Waals surface area contributed by atoms with Crippen molar-refractivity contribution in [2.45, 2.75) is 26.4 Å². The second-order valence-corrected chi connectivity index (χ2v) is 4.83. The number of carboxylic acid groups (broad SMARTS) is 1. The molecule has 0 saturated heterocycles. The van der Waals surface area contributed by atoms with Gasteiger partial charge in [-0.25, -0.2) is 0 Å². The monoisotopic (exact) mass is 303 g/mol. The number of halogens is 3. The zero-order valence-corrected chi connectivity index (χ0v) is 11.6. The van der Waals surface area contributed by atoms with E-state index < -0.39 is 17.7 Å². The summed E-state index contributed by atoms with van der Waals surface area (Å²) in [5.74, 6) is -1.81. The number of anilines is 1. The fourth-order valence-electron chi connectivity index (χ4n) is 1.72. The van der Waals surface area contributed by atoms with Crippen LogP contribution in [0.25, 0.3) is 0 Å². The van der Waals surface area contributed by atoms with Gasteiger partial charge in [0.25, 0.3) is 0 Å². The number of benzene rings is 1. The number of carboxylic acids is 1. The first kappa shape index (κ1) is 17.0. The van der Waals surface area contributed by atoms with Gasteiger partial charge < -0.3 is 10.0 Å². The van der Waals surface area contributed by atoms with Crippen LogP contribution >= 0.6 is 0 Å². The summed E-state index contributed by atoms with van der Waals surface area (Å²) in [5, 5.41) is 8.69. The first-order valence-corrected chi connectivity index (χ1v) is 6.33. The SMILES string of the molecule is CC(C)C(=O)N(CCC(=O)O)c1ccc(C(F)(F)F)cc1. The summed E-state index contributed by atoms with van der Waals surface area (Å²) < 4.78 is 37.5. The van der Waals surface area contributed by atoms with Gasteiger partial charge in [0, 0.05) is 18.2 Å². The Balaban J connectivity index is 3.02. The molecular formula is C14H16F3NO3. The molecule has 0 atom stereocenters. The van der Waals surface area contributed by atoms with Gasteiger partial charge in [-0.15, -0.1) is 0 Å². The minimum Gasteiger partial charge on any atom is -0.481 e. The Morgan fingerprint density at radius 3 is 2.10 bits per heavy atom. The van der Waals surface area contributed by atoms with Crippen LogP contribution in [0.4, 0.5) is 18.9 Å². The van der Waals surface area contributed by atoms with Crippen LogP contribution in [0.1, 0.15) is 25.8 Å². The highest BCUT2D eigenvalue weighted by atomic mass is 19.4. The minimum absolute atomic E-state index is 0.0856. The lowest BCUT2D eigenvalue weighted by Gasteiger charge is -2.24. The van der Waals surface area contributed by atoms with E-state index in [2.05, 4.69) is 0 Å². The van der Waals surface area contributed by atoms with Crippen molar-refractivity contribution >= 4 is 17.6 Å². The van der Waals surface area contributed by atoms with Gasteiger partial charge in [-0.1, -0.05) is 13.8 Å². The Hall–Kier alpha value is -2.05. The molecule has 1 N–H and O–H groups in total. The standard InChI is InChI=1S/C14H16F3NO3/c1-9(2)13(21)18(8-7-12(19)20)11-5-3-10(4-6-11)14(15,16)17/h3-6,9H,7-8H2,1-2H3,(H,19,20). The molecule has 0 heterocycles. The van der Waals surface area contributed by atoms with Gasteiger partial charge in [0.05, 0.1) is 12.0 Å². The van der Waals surface area contributed by atoms with E-state index in [1.165, 1.54) is 17.0 Å². The van der Waals surface area contributed by atoms with Crippen molar-refractivity contribution < 1.29 is 27.9 Å². The zero-order chi connectivity index (χ0) is 16.2. The fourth-order valence-corrected chi connectivity index (χ4v) is 1.72. The highest BCUT2D eigenvalue weighted by Gasteiger charge is 2.30. The van der Waals surface area contributed by atoms with Crippen LogP contribution in [0.5, 0.6) is 0 Å². The predicted molar refractivity (Wildman–Crippen MR) is 70.9 cm³/mol. The van der Waals surface area contributed by atoms with E-state index in [-0.39, 0.29) is 30.5 Å². The summed E-state index contributed by atoms with van der Waals surface area (Å²) in [5.41, 5.74) is -0.565. The number of hydrogen-bond donors (Lipinski definition) is 1. The van der Waals surface area contributed by atoms with Crippen LogP contribution < -0.4 is 4.90 Å². The molecule has 7 heteroatoms. The highest BCUT2D eigenvalue weighted by molar-refractivity contribution is 5.95. The molecule has 0 aliphatic heterocycles. The van der Waals surface area contributed by atoms with Crippen molar-refractivity contribution in [1.82, 2.24) is 0 Å². The normalized spacial score (nSPS) is 11.5. The van der Waals surface area contributed by atoms with Gasteiger partial charge in [-0.3, -0.25) is 9.59 Å². The van der Waals surface area contributed by atoms with E-state index in [1.807, 2.05) is 0 Å². The molecule has 21 heavy (non-hydrogen) atoms. The maximum atomic E-state index is 12.5. The maximum Gasteiger partial charge on any atom is 0.416 e. The molecule has 0 aliphatic rings. The lowest BCUT2D eigenvalue weighted by atomic mass is 10.1. The Kier molecular flexibility index (Phi) is 5.34. The van der Waals surface area contributed by atoms with Gasteiger partial charge in [-0.2, -0.15) is 13.2 Å². The van der Waals surface area contributed by atoms with E-state index in [0.29, 0.717) is 0 Å². The van der Waals surface area contributed by atoms with Crippen LogP contribution in [-0.2, 0) is 15.8 Å². The molecule has 0 fully saturated rings. The third-order valence-corrected chi connectivity index (χ3v) is 2.82. The molecule has 4 nitrogen and oxygen atoms in total. The van der Waals surface area contributed by atoms with Crippen molar-refractivity contribution in [1.29, 1.82) is 0 Å². The van der Waals surface area contributed by atoms with Crippen LogP contribution in [0.15, 0.2) is 24.3 Å². The third-order valence-electron chi connectivity index (χ3n) is 2.82. The second kappa shape index (κ2) is 6.60. The lowest BCUT2D eigenvalue weighted by Crippen LogP contribution is -2.36. The molecule has 116 valence electrons. The molecule has 1 rings (SSSR count). The van der Waals surface area contributed by atoms with Crippen LogP contribution in [0.2, 0.25) is 0 Å². The fraction of sp³-hybridized carbons (Fsp3) is 0.429. The molecule has 1 aromatic rings. The molecule has 0 spiro atoms. The summed E-state index contributed by atoms with van der Waals surface area (Å²) in [4.78, 5) is 23.9. The summed E-state index contributed by atoms with van der Waals surface area (Å²) in [6, 6.07) is 4.09. The third kappa shape index (κ3) is 4.77. The van der Waals surface area contributed by atoms with Crippen LogP contribution in [-0.4, -0.2) is 23.5 Å². The summed E-state index contributed by atoms with van der Waals surface area (Å²) in [6.07, 6.45) is -4.73. The molecule has 0 aliphatic carbocycles. The first-order chi connectivity index (χ1) is 9.62.